The second kappa shape index (κ2) is 5.81. The average Bonchev–Trinajstić information content (AvgIpc) is 2.39. The number of rotatable bonds is 3. The minimum atomic E-state index is -3.55. The third kappa shape index (κ3) is 3.30. The maximum absolute atomic E-state index is 12.7. The molecule has 0 saturated carbocycles. The number of halogens is 1. The van der Waals surface area contributed by atoms with Crippen LogP contribution in [0, 0.1) is 20.8 Å². The van der Waals surface area contributed by atoms with Crippen LogP contribution in [0.3, 0.4) is 0 Å². The van der Waals surface area contributed by atoms with E-state index in [2.05, 4.69) is 15.9 Å². The van der Waals surface area contributed by atoms with Gasteiger partial charge >= 0.3 is 0 Å². The van der Waals surface area contributed by atoms with E-state index in [4.69, 9.17) is 0 Å². The molecule has 0 fully saturated rings. The lowest BCUT2D eigenvalue weighted by Gasteiger charge is -2.21. The first-order valence-corrected chi connectivity index (χ1v) is 8.78. The molecule has 0 saturated heterocycles. The van der Waals surface area contributed by atoms with Crippen LogP contribution in [0.25, 0.3) is 0 Å². The van der Waals surface area contributed by atoms with Gasteiger partial charge in [-0.25, -0.2) is 8.42 Å². The van der Waals surface area contributed by atoms with Gasteiger partial charge in [-0.3, -0.25) is 4.31 Å². The summed E-state index contributed by atoms with van der Waals surface area (Å²) in [6.45, 7) is 5.79. The second-order valence-corrected chi connectivity index (χ2v) is 8.05. The largest absolute Gasteiger partial charge is 0.269 e. The summed E-state index contributed by atoms with van der Waals surface area (Å²) in [5.74, 6) is 0. The highest BCUT2D eigenvalue weighted by atomic mass is 79.9. The molecular weight excluding hydrogens is 350 g/mol. The zero-order valence-corrected chi connectivity index (χ0v) is 14.9. The number of anilines is 1. The number of hydrogen-bond donors (Lipinski definition) is 0. The lowest BCUT2D eigenvalue weighted by Crippen LogP contribution is -2.26. The molecule has 2 aromatic carbocycles. The zero-order valence-electron chi connectivity index (χ0n) is 12.5. The molecule has 112 valence electrons. The molecule has 0 bridgehead atoms. The van der Waals surface area contributed by atoms with Gasteiger partial charge in [-0.05, 0) is 67.8 Å². The molecule has 3 nitrogen and oxygen atoms in total. The summed E-state index contributed by atoms with van der Waals surface area (Å²) in [6.07, 6.45) is 0. The van der Waals surface area contributed by atoms with E-state index < -0.39 is 10.0 Å². The van der Waals surface area contributed by atoms with Crippen molar-refractivity contribution in [3.05, 3.63) is 57.6 Å². The Morgan fingerprint density at radius 2 is 1.52 bits per heavy atom. The summed E-state index contributed by atoms with van der Waals surface area (Å²) in [7, 11) is -1.97. The standard InChI is InChI=1S/C16H18BrNO2S/c1-11-7-12(2)9-14(8-11)18(4)21(19,20)15-5-6-16(17)13(3)10-15/h5-10H,1-4H3. The van der Waals surface area contributed by atoms with E-state index in [1.54, 1.807) is 25.2 Å². The molecule has 0 heterocycles. The van der Waals surface area contributed by atoms with E-state index in [0.29, 0.717) is 10.6 Å². The molecule has 2 aromatic rings. The fourth-order valence-electron chi connectivity index (χ4n) is 2.21. The van der Waals surface area contributed by atoms with Crippen LogP contribution in [0.15, 0.2) is 45.8 Å². The van der Waals surface area contributed by atoms with Crippen LogP contribution in [0.5, 0.6) is 0 Å². The van der Waals surface area contributed by atoms with Gasteiger partial charge in [0.15, 0.2) is 0 Å². The molecule has 0 aliphatic rings. The normalized spacial score (nSPS) is 11.5. The second-order valence-electron chi connectivity index (χ2n) is 5.23. The highest BCUT2D eigenvalue weighted by molar-refractivity contribution is 9.10. The summed E-state index contributed by atoms with van der Waals surface area (Å²) >= 11 is 3.39. The minimum absolute atomic E-state index is 0.296. The molecule has 0 radical (unpaired) electrons. The first-order chi connectivity index (χ1) is 9.71. The molecule has 0 aromatic heterocycles. The van der Waals surface area contributed by atoms with Crippen LogP contribution in [-0.2, 0) is 10.0 Å². The van der Waals surface area contributed by atoms with Crippen LogP contribution in [0.1, 0.15) is 16.7 Å². The van der Waals surface area contributed by atoms with Crippen LogP contribution in [0.2, 0.25) is 0 Å². The SMILES string of the molecule is Cc1cc(C)cc(N(C)S(=O)(=O)c2ccc(Br)c(C)c2)c1. The van der Waals surface area contributed by atoms with Gasteiger partial charge in [-0.15, -0.1) is 0 Å². The van der Waals surface area contributed by atoms with Crippen molar-refractivity contribution >= 4 is 31.6 Å². The molecule has 0 aliphatic heterocycles. The fourth-order valence-corrected chi connectivity index (χ4v) is 3.72. The molecule has 0 unspecified atom stereocenters. The first kappa shape index (κ1) is 16.0. The summed E-state index contributed by atoms with van der Waals surface area (Å²) < 4.78 is 27.7. The first-order valence-electron chi connectivity index (χ1n) is 6.55. The molecule has 0 spiro atoms. The maximum Gasteiger partial charge on any atom is 0.264 e. The van der Waals surface area contributed by atoms with E-state index >= 15 is 0 Å². The molecular formula is C16H18BrNO2S. The summed E-state index contributed by atoms with van der Waals surface area (Å²) in [5.41, 5.74) is 3.65. The Morgan fingerprint density at radius 1 is 0.952 bits per heavy atom. The van der Waals surface area contributed by atoms with Crippen LogP contribution < -0.4 is 4.31 Å². The van der Waals surface area contributed by atoms with Crippen molar-refractivity contribution in [2.45, 2.75) is 25.7 Å². The third-order valence-electron chi connectivity index (χ3n) is 3.36. The average molecular weight is 368 g/mol. The van der Waals surface area contributed by atoms with Crippen molar-refractivity contribution in [3.8, 4) is 0 Å². The van der Waals surface area contributed by atoms with Crippen molar-refractivity contribution in [2.24, 2.45) is 0 Å². The van der Waals surface area contributed by atoms with Crippen molar-refractivity contribution in [1.29, 1.82) is 0 Å². The lowest BCUT2D eigenvalue weighted by molar-refractivity contribution is 0.594. The maximum atomic E-state index is 12.7. The highest BCUT2D eigenvalue weighted by Gasteiger charge is 2.22. The molecule has 2 rings (SSSR count). The van der Waals surface area contributed by atoms with Crippen molar-refractivity contribution in [3.63, 3.8) is 0 Å². The Morgan fingerprint density at radius 3 is 2.05 bits per heavy atom. The van der Waals surface area contributed by atoms with Crippen molar-refractivity contribution in [1.82, 2.24) is 0 Å². The number of benzene rings is 2. The quantitative estimate of drug-likeness (QED) is 0.814. The van der Waals surface area contributed by atoms with Gasteiger partial charge in [0, 0.05) is 11.5 Å². The van der Waals surface area contributed by atoms with Gasteiger partial charge < -0.3 is 0 Å². The minimum Gasteiger partial charge on any atom is -0.269 e. The Labute approximate surface area is 134 Å². The number of aryl methyl sites for hydroxylation is 3. The summed E-state index contributed by atoms with van der Waals surface area (Å²) in [4.78, 5) is 0.296. The fraction of sp³-hybridized carbons (Fsp3) is 0.250. The Kier molecular flexibility index (Phi) is 4.44. The predicted octanol–water partition coefficient (Wildman–Crippen LogP) is 4.20. The Bertz CT molecular complexity index is 765. The summed E-state index contributed by atoms with van der Waals surface area (Å²) in [5, 5.41) is 0. The molecule has 0 amide bonds. The predicted molar refractivity (Wildman–Crippen MR) is 90.4 cm³/mol. The Hall–Kier alpha value is -1.33. The zero-order chi connectivity index (χ0) is 15.8. The molecule has 0 aliphatic carbocycles. The van der Waals surface area contributed by atoms with E-state index in [1.807, 2.05) is 39.0 Å². The highest BCUT2D eigenvalue weighted by Crippen LogP contribution is 2.26. The summed E-state index contributed by atoms with van der Waals surface area (Å²) in [6, 6.07) is 10.8. The van der Waals surface area contributed by atoms with E-state index in [9.17, 15) is 8.42 Å². The lowest BCUT2D eigenvalue weighted by atomic mass is 10.1. The smallest absolute Gasteiger partial charge is 0.264 e. The van der Waals surface area contributed by atoms with Crippen molar-refractivity contribution in [2.75, 3.05) is 11.4 Å². The van der Waals surface area contributed by atoms with Gasteiger partial charge in [0.2, 0.25) is 0 Å². The monoisotopic (exact) mass is 367 g/mol. The van der Waals surface area contributed by atoms with Crippen molar-refractivity contribution < 1.29 is 8.42 Å². The number of hydrogen-bond acceptors (Lipinski definition) is 2. The molecule has 0 atom stereocenters. The van der Waals surface area contributed by atoms with E-state index in [-0.39, 0.29) is 0 Å². The molecule has 5 heteroatoms. The number of nitrogens with zero attached hydrogens (tertiary/aromatic N) is 1. The Balaban J connectivity index is 2.49. The molecule has 0 N–H and O–H groups in total. The van der Waals surface area contributed by atoms with Gasteiger partial charge in [-0.2, -0.15) is 0 Å². The van der Waals surface area contributed by atoms with Gasteiger partial charge in [0.25, 0.3) is 10.0 Å². The van der Waals surface area contributed by atoms with Gasteiger partial charge in [-0.1, -0.05) is 22.0 Å². The van der Waals surface area contributed by atoms with Gasteiger partial charge in [0.1, 0.15) is 0 Å². The van der Waals surface area contributed by atoms with Crippen LogP contribution in [-0.4, -0.2) is 15.5 Å². The van der Waals surface area contributed by atoms with E-state index in [0.717, 1.165) is 21.2 Å². The topological polar surface area (TPSA) is 37.4 Å². The van der Waals surface area contributed by atoms with E-state index in [1.165, 1.54) is 4.31 Å². The van der Waals surface area contributed by atoms with Crippen LogP contribution in [0.4, 0.5) is 5.69 Å². The molecule has 21 heavy (non-hydrogen) atoms. The van der Waals surface area contributed by atoms with Crippen LogP contribution >= 0.6 is 15.9 Å². The van der Waals surface area contributed by atoms with Gasteiger partial charge in [0.05, 0.1) is 10.6 Å². The number of sulfonamides is 1. The third-order valence-corrected chi connectivity index (χ3v) is 6.03.